The Morgan fingerprint density at radius 2 is 1.62 bits per heavy atom. The van der Waals surface area contributed by atoms with Crippen LogP contribution in [-0.2, 0) is 6.18 Å². The van der Waals surface area contributed by atoms with E-state index in [0.717, 1.165) is 11.6 Å². The molecule has 0 aliphatic rings. The van der Waals surface area contributed by atoms with Gasteiger partial charge in [0, 0.05) is 5.56 Å². The Morgan fingerprint density at radius 1 is 1.00 bits per heavy atom. The third-order valence-corrected chi connectivity index (χ3v) is 3.05. The lowest BCUT2D eigenvalue weighted by molar-refractivity contribution is -0.138. The molecule has 0 fully saturated rings. The van der Waals surface area contributed by atoms with Crippen molar-refractivity contribution in [3.8, 4) is 5.75 Å². The number of nitrogens with two attached hydrogens (primary N) is 1. The quantitative estimate of drug-likeness (QED) is 0.921. The average molecular weight is 318 g/mol. The minimum Gasteiger partial charge on any atom is -0.496 e. The van der Waals surface area contributed by atoms with Gasteiger partial charge in [-0.2, -0.15) is 13.2 Å². The number of benzene rings is 2. The first-order chi connectivity index (χ1) is 9.45. The molecule has 0 radical (unpaired) electrons. The van der Waals surface area contributed by atoms with Gasteiger partial charge in [-0.1, -0.05) is 42.5 Å². The number of hydrogen-bond acceptors (Lipinski definition) is 2. The third kappa shape index (κ3) is 3.68. The molecule has 21 heavy (non-hydrogen) atoms. The van der Waals surface area contributed by atoms with Crippen molar-refractivity contribution in [1.82, 2.24) is 0 Å². The summed E-state index contributed by atoms with van der Waals surface area (Å²) in [4.78, 5) is 0. The van der Waals surface area contributed by atoms with Crippen molar-refractivity contribution < 1.29 is 17.9 Å². The van der Waals surface area contributed by atoms with E-state index < -0.39 is 17.8 Å². The van der Waals surface area contributed by atoms with Gasteiger partial charge in [0.05, 0.1) is 18.7 Å². The van der Waals surface area contributed by atoms with Gasteiger partial charge in [0.15, 0.2) is 0 Å². The molecule has 2 aromatic rings. The SMILES string of the molecule is COc1c(C(N)c2ccccc2)cccc1C(F)(F)F.Cl. The maximum Gasteiger partial charge on any atom is 0.419 e. The zero-order chi connectivity index (χ0) is 14.8. The zero-order valence-electron chi connectivity index (χ0n) is 11.2. The Kier molecular flexibility index (Phi) is 5.63. The van der Waals surface area contributed by atoms with Gasteiger partial charge in [-0.3, -0.25) is 0 Å². The fraction of sp³-hybridized carbons (Fsp3) is 0.200. The van der Waals surface area contributed by atoms with Crippen molar-refractivity contribution in [2.75, 3.05) is 7.11 Å². The zero-order valence-corrected chi connectivity index (χ0v) is 12.0. The van der Waals surface area contributed by atoms with Crippen LogP contribution in [0.25, 0.3) is 0 Å². The van der Waals surface area contributed by atoms with Crippen molar-refractivity contribution in [1.29, 1.82) is 0 Å². The fourth-order valence-electron chi connectivity index (χ4n) is 2.09. The first kappa shape index (κ1) is 17.3. The number of rotatable bonds is 3. The van der Waals surface area contributed by atoms with Crippen LogP contribution in [0.15, 0.2) is 48.5 Å². The summed E-state index contributed by atoms with van der Waals surface area (Å²) >= 11 is 0. The van der Waals surface area contributed by atoms with E-state index in [1.807, 2.05) is 6.07 Å². The number of methoxy groups -OCH3 is 1. The van der Waals surface area contributed by atoms with E-state index in [1.165, 1.54) is 13.2 Å². The molecule has 1 atom stereocenters. The molecule has 2 nitrogen and oxygen atoms in total. The molecule has 0 bridgehead atoms. The van der Waals surface area contributed by atoms with Gasteiger partial charge in [0.2, 0.25) is 0 Å². The van der Waals surface area contributed by atoms with Crippen molar-refractivity contribution in [3.63, 3.8) is 0 Å². The molecular weight excluding hydrogens is 303 g/mol. The van der Waals surface area contributed by atoms with E-state index in [0.29, 0.717) is 5.56 Å². The highest BCUT2D eigenvalue weighted by atomic mass is 35.5. The Balaban J connectivity index is 0.00000220. The van der Waals surface area contributed by atoms with Crippen LogP contribution in [0.3, 0.4) is 0 Å². The van der Waals surface area contributed by atoms with Gasteiger partial charge in [0.1, 0.15) is 5.75 Å². The topological polar surface area (TPSA) is 35.2 Å². The highest BCUT2D eigenvalue weighted by molar-refractivity contribution is 5.85. The van der Waals surface area contributed by atoms with Crippen molar-refractivity contribution in [2.24, 2.45) is 5.73 Å². The summed E-state index contributed by atoms with van der Waals surface area (Å²) in [7, 11) is 1.21. The first-order valence-electron chi connectivity index (χ1n) is 5.99. The molecule has 2 N–H and O–H groups in total. The Hall–Kier alpha value is -1.72. The van der Waals surface area contributed by atoms with Crippen LogP contribution in [0.4, 0.5) is 13.2 Å². The number of para-hydroxylation sites is 1. The standard InChI is InChI=1S/C15H14F3NO.ClH/c1-20-14-11(8-5-9-12(14)15(16,17)18)13(19)10-6-3-2-4-7-10;/h2-9,13H,19H2,1H3;1H. The van der Waals surface area contributed by atoms with E-state index in [-0.39, 0.29) is 18.2 Å². The summed E-state index contributed by atoms with van der Waals surface area (Å²) in [6, 6.07) is 12.1. The maximum absolute atomic E-state index is 13.0. The lowest BCUT2D eigenvalue weighted by Crippen LogP contribution is -2.16. The minimum atomic E-state index is -4.47. The van der Waals surface area contributed by atoms with Crippen molar-refractivity contribution >= 4 is 12.4 Å². The number of halogens is 4. The summed E-state index contributed by atoms with van der Waals surface area (Å²) in [5.74, 6) is -0.226. The summed E-state index contributed by atoms with van der Waals surface area (Å²) < 4.78 is 43.8. The highest BCUT2D eigenvalue weighted by Crippen LogP contribution is 2.40. The molecule has 2 aromatic carbocycles. The van der Waals surface area contributed by atoms with E-state index in [9.17, 15) is 13.2 Å². The van der Waals surface area contributed by atoms with E-state index in [2.05, 4.69) is 0 Å². The molecule has 0 aromatic heterocycles. The van der Waals surface area contributed by atoms with Crippen LogP contribution in [0.5, 0.6) is 5.75 Å². The molecule has 0 spiro atoms. The van der Waals surface area contributed by atoms with Crippen LogP contribution in [0.2, 0.25) is 0 Å². The second kappa shape index (κ2) is 6.83. The molecule has 114 valence electrons. The van der Waals surface area contributed by atoms with E-state index >= 15 is 0 Å². The second-order valence-electron chi connectivity index (χ2n) is 4.31. The predicted octanol–water partition coefficient (Wildman–Crippen LogP) is 4.18. The molecule has 0 aliphatic carbocycles. The minimum absolute atomic E-state index is 0. The summed E-state index contributed by atoms with van der Waals surface area (Å²) in [5.41, 5.74) is 6.28. The van der Waals surface area contributed by atoms with Gasteiger partial charge >= 0.3 is 6.18 Å². The molecule has 1 unspecified atom stereocenters. The normalized spacial score (nSPS) is 12.4. The van der Waals surface area contributed by atoms with Crippen molar-refractivity contribution in [2.45, 2.75) is 12.2 Å². The Morgan fingerprint density at radius 3 is 2.14 bits per heavy atom. The summed E-state index contributed by atoms with van der Waals surface area (Å²) in [6.45, 7) is 0. The largest absolute Gasteiger partial charge is 0.496 e. The summed E-state index contributed by atoms with van der Waals surface area (Å²) in [5, 5.41) is 0. The predicted molar refractivity (Wildman–Crippen MR) is 77.7 cm³/mol. The van der Waals surface area contributed by atoms with Crippen LogP contribution in [0.1, 0.15) is 22.7 Å². The lowest BCUT2D eigenvalue weighted by atomic mass is 9.96. The monoisotopic (exact) mass is 317 g/mol. The van der Waals surface area contributed by atoms with Gasteiger partial charge in [0.25, 0.3) is 0 Å². The summed E-state index contributed by atoms with van der Waals surface area (Å²) in [6.07, 6.45) is -4.47. The molecule has 0 heterocycles. The number of alkyl halides is 3. The highest BCUT2D eigenvalue weighted by Gasteiger charge is 2.35. The van der Waals surface area contributed by atoms with Gasteiger partial charge in [-0.05, 0) is 11.6 Å². The first-order valence-corrected chi connectivity index (χ1v) is 5.99. The maximum atomic E-state index is 13.0. The molecule has 0 saturated heterocycles. The van der Waals surface area contributed by atoms with Crippen molar-refractivity contribution in [3.05, 3.63) is 65.2 Å². The van der Waals surface area contributed by atoms with Crippen LogP contribution in [0, 0.1) is 0 Å². The van der Waals surface area contributed by atoms with Crippen LogP contribution in [-0.4, -0.2) is 7.11 Å². The fourth-order valence-corrected chi connectivity index (χ4v) is 2.09. The van der Waals surface area contributed by atoms with E-state index in [4.69, 9.17) is 10.5 Å². The smallest absolute Gasteiger partial charge is 0.419 e. The van der Waals surface area contributed by atoms with Gasteiger partial charge in [-0.25, -0.2) is 0 Å². The Labute approximate surface area is 127 Å². The second-order valence-corrected chi connectivity index (χ2v) is 4.31. The number of hydrogen-bond donors (Lipinski definition) is 1. The molecule has 0 aliphatic heterocycles. The molecule has 2 rings (SSSR count). The third-order valence-electron chi connectivity index (χ3n) is 3.05. The molecular formula is C15H15ClF3NO. The average Bonchev–Trinajstić information content (AvgIpc) is 2.45. The van der Waals surface area contributed by atoms with Gasteiger partial charge in [-0.15, -0.1) is 12.4 Å². The van der Waals surface area contributed by atoms with Gasteiger partial charge < -0.3 is 10.5 Å². The number of ether oxygens (including phenoxy) is 1. The Bertz CT molecular complexity index is 587. The molecule has 0 saturated carbocycles. The van der Waals surface area contributed by atoms with Crippen LogP contribution < -0.4 is 10.5 Å². The molecule has 6 heteroatoms. The molecule has 0 amide bonds. The lowest BCUT2D eigenvalue weighted by Gasteiger charge is -2.20. The van der Waals surface area contributed by atoms with E-state index in [1.54, 1.807) is 30.3 Å². The van der Waals surface area contributed by atoms with Crippen LogP contribution >= 0.6 is 12.4 Å².